The molecule has 1 atom stereocenters. The van der Waals surface area contributed by atoms with E-state index in [2.05, 4.69) is 25.7 Å². The van der Waals surface area contributed by atoms with Gasteiger partial charge in [0.05, 0.1) is 18.4 Å². The van der Waals surface area contributed by atoms with Crippen LogP contribution in [0.25, 0.3) is 0 Å². The van der Waals surface area contributed by atoms with Crippen LogP contribution in [0.15, 0.2) is 24.3 Å². The van der Waals surface area contributed by atoms with Crippen LogP contribution in [-0.2, 0) is 14.3 Å². The quantitative estimate of drug-likeness (QED) is 0.654. The Labute approximate surface area is 164 Å². The fraction of sp³-hybridized carbons (Fsp3) is 0.278. The molecule has 2 aromatic rings. The van der Waals surface area contributed by atoms with Gasteiger partial charge in [-0.05, 0) is 25.5 Å². The molecule has 0 fully saturated rings. The number of nitrogens with zero attached hydrogens (tertiary/aromatic N) is 1. The van der Waals surface area contributed by atoms with Gasteiger partial charge < -0.3 is 20.7 Å². The van der Waals surface area contributed by atoms with Crippen LogP contribution < -0.4 is 16.0 Å². The van der Waals surface area contributed by atoms with Gasteiger partial charge in [-0.15, -0.1) is 11.3 Å². The first kappa shape index (κ1) is 19.5. The Bertz CT molecular complexity index is 955. The maximum atomic E-state index is 12.3. The lowest BCUT2D eigenvalue weighted by atomic mass is 10.1. The van der Waals surface area contributed by atoms with Gasteiger partial charge in [0.15, 0.2) is 10.8 Å². The summed E-state index contributed by atoms with van der Waals surface area (Å²) in [5, 5.41) is 8.19. The van der Waals surface area contributed by atoms with E-state index in [0.717, 1.165) is 11.3 Å². The van der Waals surface area contributed by atoms with Crippen molar-refractivity contribution >= 4 is 45.8 Å². The second kappa shape index (κ2) is 8.17. The van der Waals surface area contributed by atoms with E-state index in [4.69, 9.17) is 0 Å². The number of hydrogen-bond donors (Lipinski definition) is 3. The van der Waals surface area contributed by atoms with Crippen molar-refractivity contribution in [1.29, 1.82) is 0 Å². The minimum absolute atomic E-state index is 0.0130. The molecule has 1 aliphatic heterocycles. The molecule has 3 amide bonds. The molecule has 2 heterocycles. The average molecular weight is 402 g/mol. The van der Waals surface area contributed by atoms with Gasteiger partial charge in [0, 0.05) is 11.3 Å². The lowest BCUT2D eigenvalue weighted by Gasteiger charge is -2.13. The summed E-state index contributed by atoms with van der Waals surface area (Å²) in [6.07, 6.45) is 0.104. The molecule has 1 aliphatic rings. The van der Waals surface area contributed by atoms with E-state index in [1.807, 2.05) is 0 Å². The predicted octanol–water partition coefficient (Wildman–Crippen LogP) is 1.71. The van der Waals surface area contributed by atoms with Crippen molar-refractivity contribution in [2.75, 3.05) is 17.7 Å². The van der Waals surface area contributed by atoms with Crippen LogP contribution in [0.1, 0.15) is 38.6 Å². The summed E-state index contributed by atoms with van der Waals surface area (Å²) >= 11 is 1.15. The first-order valence-electron chi connectivity index (χ1n) is 8.45. The minimum Gasteiger partial charge on any atom is -0.464 e. The number of methoxy groups -OCH3 is 1. The van der Waals surface area contributed by atoms with Crippen molar-refractivity contribution < 1.29 is 23.9 Å². The Hall–Kier alpha value is -3.27. The Kier molecular flexibility index (Phi) is 5.69. The lowest BCUT2D eigenvalue weighted by molar-refractivity contribution is -0.118. The third-order valence-corrected chi connectivity index (χ3v) is 5.02. The number of anilines is 2. The summed E-state index contributed by atoms with van der Waals surface area (Å²) in [6.45, 7) is 1.70. The van der Waals surface area contributed by atoms with Gasteiger partial charge >= 0.3 is 5.97 Å². The van der Waals surface area contributed by atoms with Crippen molar-refractivity contribution in [2.45, 2.75) is 25.8 Å². The summed E-state index contributed by atoms with van der Waals surface area (Å²) in [5.41, 5.74) is 0.956. The van der Waals surface area contributed by atoms with Crippen LogP contribution in [0.3, 0.4) is 0 Å². The molecule has 0 saturated heterocycles. The highest BCUT2D eigenvalue weighted by Crippen LogP contribution is 2.23. The molecule has 9 nitrogen and oxygen atoms in total. The van der Waals surface area contributed by atoms with E-state index in [0.29, 0.717) is 16.1 Å². The number of rotatable bonds is 5. The molecule has 3 N–H and O–H groups in total. The van der Waals surface area contributed by atoms with Crippen LogP contribution >= 0.6 is 11.3 Å². The number of ether oxygens (including phenoxy) is 1. The molecule has 0 saturated carbocycles. The molecule has 0 unspecified atom stereocenters. The Morgan fingerprint density at radius 3 is 2.79 bits per heavy atom. The first-order chi connectivity index (χ1) is 13.4. The zero-order chi connectivity index (χ0) is 20.3. The van der Waals surface area contributed by atoms with Crippen LogP contribution in [0, 0.1) is 6.92 Å². The van der Waals surface area contributed by atoms with E-state index >= 15 is 0 Å². The molecule has 146 valence electrons. The third-order valence-electron chi connectivity index (χ3n) is 4.13. The largest absolute Gasteiger partial charge is 0.464 e. The highest BCUT2D eigenvalue weighted by atomic mass is 32.1. The van der Waals surface area contributed by atoms with Crippen LogP contribution in [-0.4, -0.2) is 41.8 Å². The van der Waals surface area contributed by atoms with Crippen molar-refractivity contribution in [3.63, 3.8) is 0 Å². The molecule has 0 radical (unpaired) electrons. The molecular formula is C18H18N4O5S. The molecule has 28 heavy (non-hydrogen) atoms. The monoisotopic (exact) mass is 402 g/mol. The van der Waals surface area contributed by atoms with E-state index in [9.17, 15) is 19.2 Å². The zero-order valence-corrected chi connectivity index (χ0v) is 16.0. The van der Waals surface area contributed by atoms with Crippen LogP contribution in [0.2, 0.25) is 0 Å². The van der Waals surface area contributed by atoms with Gasteiger partial charge in [0.25, 0.3) is 5.91 Å². The van der Waals surface area contributed by atoms with Gasteiger partial charge in [-0.1, -0.05) is 12.1 Å². The maximum Gasteiger partial charge on any atom is 0.357 e. The van der Waals surface area contributed by atoms with Gasteiger partial charge in [-0.25, -0.2) is 9.78 Å². The number of fused-ring (bicyclic) bond motifs is 1. The molecule has 1 aromatic heterocycles. The summed E-state index contributed by atoms with van der Waals surface area (Å²) in [4.78, 5) is 53.1. The molecule has 0 spiro atoms. The van der Waals surface area contributed by atoms with Crippen molar-refractivity contribution in [3.8, 4) is 0 Å². The maximum absolute atomic E-state index is 12.3. The van der Waals surface area contributed by atoms with Gasteiger partial charge in [-0.2, -0.15) is 0 Å². The number of benzene rings is 1. The van der Waals surface area contributed by atoms with Gasteiger partial charge in [0.1, 0.15) is 6.04 Å². The number of thiazole rings is 1. The van der Waals surface area contributed by atoms with Gasteiger partial charge in [0.2, 0.25) is 11.8 Å². The first-order valence-corrected chi connectivity index (χ1v) is 9.27. The average Bonchev–Trinajstić information content (AvgIpc) is 2.98. The SMILES string of the molecule is COC(=O)c1nc(NC(=O)CC[C@H]2NC(=O)c3ccccc3NC2=O)sc1C. The third kappa shape index (κ3) is 4.17. The van der Waals surface area contributed by atoms with E-state index in [1.165, 1.54) is 7.11 Å². The number of nitrogens with one attached hydrogen (secondary N) is 3. The smallest absolute Gasteiger partial charge is 0.357 e. The number of esters is 1. The minimum atomic E-state index is -0.839. The standard InChI is InChI=1S/C18H18N4O5S/c1-9-14(17(26)27-2)22-18(28-9)21-13(23)8-7-12-16(25)19-11-6-4-3-5-10(11)15(24)20-12/h3-6,12H,7-8H2,1-2H3,(H,19,25)(H,20,24)(H,21,22,23)/t12-/m1/s1. The van der Waals surface area contributed by atoms with E-state index in [1.54, 1.807) is 31.2 Å². The normalized spacial score (nSPS) is 15.7. The highest BCUT2D eigenvalue weighted by molar-refractivity contribution is 7.16. The molecule has 1 aromatic carbocycles. The number of carbonyl (C=O) groups is 4. The summed E-state index contributed by atoms with van der Waals surface area (Å²) < 4.78 is 4.63. The van der Waals surface area contributed by atoms with Crippen molar-refractivity contribution in [2.24, 2.45) is 0 Å². The fourth-order valence-electron chi connectivity index (χ4n) is 2.71. The number of aromatic nitrogens is 1. The zero-order valence-electron chi connectivity index (χ0n) is 15.2. The Morgan fingerprint density at radius 1 is 1.29 bits per heavy atom. The van der Waals surface area contributed by atoms with Crippen molar-refractivity contribution in [1.82, 2.24) is 10.3 Å². The molecule has 3 rings (SSSR count). The highest BCUT2D eigenvalue weighted by Gasteiger charge is 2.28. The Balaban J connectivity index is 1.60. The number of para-hydroxylation sites is 1. The lowest BCUT2D eigenvalue weighted by Crippen LogP contribution is -2.41. The Morgan fingerprint density at radius 2 is 2.04 bits per heavy atom. The predicted molar refractivity (Wildman–Crippen MR) is 102 cm³/mol. The van der Waals surface area contributed by atoms with Crippen molar-refractivity contribution in [3.05, 3.63) is 40.4 Å². The van der Waals surface area contributed by atoms with Crippen LogP contribution in [0.5, 0.6) is 0 Å². The summed E-state index contributed by atoms with van der Waals surface area (Å²) in [6, 6.07) is 5.85. The summed E-state index contributed by atoms with van der Waals surface area (Å²) in [7, 11) is 1.25. The fourth-order valence-corrected chi connectivity index (χ4v) is 3.53. The number of carbonyl (C=O) groups excluding carboxylic acids is 4. The molecular weight excluding hydrogens is 384 g/mol. The topological polar surface area (TPSA) is 126 Å². The number of aryl methyl sites for hydroxylation is 1. The second-order valence-corrected chi connectivity index (χ2v) is 7.27. The van der Waals surface area contributed by atoms with E-state index in [-0.39, 0.29) is 41.4 Å². The number of amides is 3. The van der Waals surface area contributed by atoms with Gasteiger partial charge in [-0.3, -0.25) is 14.4 Å². The van der Waals surface area contributed by atoms with E-state index < -0.39 is 12.0 Å². The molecule has 10 heteroatoms. The summed E-state index contributed by atoms with van der Waals surface area (Å²) in [5.74, 6) is -1.72. The number of hydrogen-bond acceptors (Lipinski definition) is 7. The second-order valence-electron chi connectivity index (χ2n) is 6.06. The molecule has 0 bridgehead atoms. The van der Waals surface area contributed by atoms with Crippen LogP contribution in [0.4, 0.5) is 10.8 Å². The molecule has 0 aliphatic carbocycles.